The maximum Gasteiger partial charge on any atom is 0.303 e. The van der Waals surface area contributed by atoms with Crippen LogP contribution in [-0.4, -0.2) is 58.4 Å². The van der Waals surface area contributed by atoms with Crippen molar-refractivity contribution in [2.24, 2.45) is 11.8 Å². The number of carbonyl (C=O) groups is 1. The first-order valence-electron chi connectivity index (χ1n) is 12.5. The fraction of sp³-hybridized carbons (Fsp3) is 0.464. The smallest absolute Gasteiger partial charge is 0.303 e. The van der Waals surface area contributed by atoms with E-state index in [-0.39, 0.29) is 12.3 Å². The van der Waals surface area contributed by atoms with Crippen LogP contribution in [0.4, 0.5) is 0 Å². The van der Waals surface area contributed by atoms with Crippen molar-refractivity contribution < 1.29 is 14.6 Å². The topological polar surface area (TPSA) is 75.5 Å². The van der Waals surface area contributed by atoms with Gasteiger partial charge in [0, 0.05) is 41.8 Å². The zero-order chi connectivity index (χ0) is 24.5. The molecule has 7 heteroatoms. The number of thioether (sulfide) groups is 1. The average molecular weight is 494 g/mol. The van der Waals surface area contributed by atoms with Gasteiger partial charge < -0.3 is 14.7 Å². The lowest BCUT2D eigenvalue weighted by Crippen LogP contribution is -2.41. The predicted molar refractivity (Wildman–Crippen MR) is 141 cm³/mol. The molecule has 1 N–H and O–H groups in total. The van der Waals surface area contributed by atoms with Crippen molar-refractivity contribution in [2.75, 3.05) is 32.5 Å². The van der Waals surface area contributed by atoms with Gasteiger partial charge in [-0.15, -0.1) is 11.8 Å². The van der Waals surface area contributed by atoms with Crippen molar-refractivity contribution in [1.29, 1.82) is 0 Å². The summed E-state index contributed by atoms with van der Waals surface area (Å²) in [6.07, 6.45) is 11.1. The van der Waals surface area contributed by atoms with Crippen LogP contribution in [0.15, 0.2) is 59.9 Å². The van der Waals surface area contributed by atoms with E-state index in [1.807, 2.05) is 42.4 Å². The Morgan fingerprint density at radius 1 is 1.20 bits per heavy atom. The van der Waals surface area contributed by atoms with Crippen LogP contribution in [0.3, 0.4) is 0 Å². The van der Waals surface area contributed by atoms with E-state index in [1.165, 1.54) is 10.5 Å². The molecule has 3 heterocycles. The van der Waals surface area contributed by atoms with Crippen molar-refractivity contribution in [3.05, 3.63) is 60.6 Å². The number of likely N-dealkylation sites (tertiary alicyclic amines) is 1. The number of methoxy groups -OCH3 is 1. The molecule has 0 aliphatic carbocycles. The molecule has 0 radical (unpaired) electrons. The Balaban J connectivity index is 1.27. The molecule has 0 bridgehead atoms. The van der Waals surface area contributed by atoms with E-state index >= 15 is 0 Å². The van der Waals surface area contributed by atoms with Crippen molar-refractivity contribution in [1.82, 2.24) is 14.9 Å². The molecule has 1 aromatic carbocycles. The average Bonchev–Trinajstić information content (AvgIpc) is 2.88. The molecule has 2 aromatic heterocycles. The minimum absolute atomic E-state index is 0.224. The second-order valence-corrected chi connectivity index (χ2v) is 10.5. The number of fused-ring (bicyclic) bond motifs is 1. The molecule has 1 saturated heterocycles. The van der Waals surface area contributed by atoms with Gasteiger partial charge >= 0.3 is 5.97 Å². The zero-order valence-electron chi connectivity index (χ0n) is 20.4. The van der Waals surface area contributed by atoms with Gasteiger partial charge in [0.2, 0.25) is 0 Å². The largest absolute Gasteiger partial charge is 0.497 e. The minimum Gasteiger partial charge on any atom is -0.497 e. The number of carboxylic acid groups (broad SMARTS) is 1. The Bertz CT molecular complexity index is 1100. The van der Waals surface area contributed by atoms with Gasteiger partial charge in [0.25, 0.3) is 0 Å². The molecule has 0 unspecified atom stereocenters. The molecule has 1 aliphatic rings. The molecule has 0 amide bonds. The molecule has 3 aromatic rings. The highest BCUT2D eigenvalue weighted by Crippen LogP contribution is 2.32. The van der Waals surface area contributed by atoms with E-state index < -0.39 is 5.97 Å². The zero-order valence-corrected chi connectivity index (χ0v) is 21.3. The molecular weight excluding hydrogens is 458 g/mol. The molecule has 35 heavy (non-hydrogen) atoms. The number of nitrogens with zero attached hydrogens (tertiary/aromatic N) is 3. The third kappa shape index (κ3) is 7.42. The molecule has 1 fully saturated rings. The first kappa shape index (κ1) is 25.5. The molecule has 6 nitrogen and oxygen atoms in total. The van der Waals surface area contributed by atoms with Crippen LogP contribution in [0.25, 0.3) is 10.9 Å². The Kier molecular flexibility index (Phi) is 9.37. The van der Waals surface area contributed by atoms with E-state index in [2.05, 4.69) is 33.1 Å². The van der Waals surface area contributed by atoms with Crippen LogP contribution in [-0.2, 0) is 11.2 Å². The van der Waals surface area contributed by atoms with Gasteiger partial charge in [-0.05, 0) is 105 Å². The Labute approximate surface area is 212 Å². The van der Waals surface area contributed by atoms with Crippen LogP contribution in [0, 0.1) is 11.8 Å². The molecule has 1 aliphatic heterocycles. The standard InChI is InChI=1S/C28H35N3O3S/c1-34-24-8-9-27-26(18-24)22(10-13-30-27)6-2-5-21-11-15-31(20-23(21)17-28(32)33)14-4-16-35-25-7-3-12-29-19-25/h3,7-10,12-13,18-19,21,23H,2,4-6,11,14-17,20H2,1H3,(H,32,33)/t21-,23+/m1/s1. The summed E-state index contributed by atoms with van der Waals surface area (Å²) in [5.41, 5.74) is 2.27. The second-order valence-electron chi connectivity index (χ2n) is 9.34. The van der Waals surface area contributed by atoms with E-state index in [4.69, 9.17) is 4.74 Å². The minimum atomic E-state index is -0.679. The third-order valence-corrected chi connectivity index (χ3v) is 8.06. The summed E-state index contributed by atoms with van der Waals surface area (Å²) < 4.78 is 5.40. The van der Waals surface area contributed by atoms with Gasteiger partial charge in [-0.25, -0.2) is 0 Å². The number of ether oxygens (including phenoxy) is 1. The lowest BCUT2D eigenvalue weighted by atomic mass is 9.80. The first-order valence-corrected chi connectivity index (χ1v) is 13.5. The van der Waals surface area contributed by atoms with Crippen molar-refractivity contribution >= 4 is 28.6 Å². The summed E-state index contributed by atoms with van der Waals surface area (Å²) in [4.78, 5) is 23.9. The second kappa shape index (κ2) is 12.9. The molecule has 0 spiro atoms. The first-order chi connectivity index (χ1) is 17.1. The maximum absolute atomic E-state index is 11.6. The summed E-state index contributed by atoms with van der Waals surface area (Å²) in [6, 6.07) is 12.2. The highest BCUT2D eigenvalue weighted by molar-refractivity contribution is 7.99. The Hall–Kier alpha value is -2.64. The van der Waals surface area contributed by atoms with Gasteiger partial charge in [0.05, 0.1) is 12.6 Å². The van der Waals surface area contributed by atoms with Crippen molar-refractivity contribution in [2.45, 2.75) is 43.4 Å². The third-order valence-electron chi connectivity index (χ3n) is 6.99. The fourth-order valence-electron chi connectivity index (χ4n) is 5.19. The number of benzene rings is 1. The molecule has 0 saturated carbocycles. The lowest BCUT2D eigenvalue weighted by molar-refractivity contribution is -0.139. The van der Waals surface area contributed by atoms with E-state index in [0.717, 1.165) is 74.1 Å². The summed E-state index contributed by atoms with van der Waals surface area (Å²) in [6.45, 7) is 2.98. The number of hydrogen-bond acceptors (Lipinski definition) is 6. The van der Waals surface area contributed by atoms with Gasteiger partial charge in [-0.3, -0.25) is 14.8 Å². The van der Waals surface area contributed by atoms with Crippen molar-refractivity contribution in [3.8, 4) is 5.75 Å². The van der Waals surface area contributed by atoms with Crippen LogP contribution >= 0.6 is 11.8 Å². The molecule has 186 valence electrons. The van der Waals surface area contributed by atoms with Gasteiger partial charge in [0.15, 0.2) is 0 Å². The summed E-state index contributed by atoms with van der Waals surface area (Å²) >= 11 is 1.84. The Morgan fingerprint density at radius 2 is 2.11 bits per heavy atom. The van der Waals surface area contributed by atoms with Crippen LogP contribution in [0.2, 0.25) is 0 Å². The maximum atomic E-state index is 11.6. The van der Waals surface area contributed by atoms with Crippen LogP contribution in [0.1, 0.15) is 37.7 Å². The number of hydrogen-bond donors (Lipinski definition) is 1. The monoisotopic (exact) mass is 493 g/mol. The van der Waals surface area contributed by atoms with Crippen LogP contribution in [0.5, 0.6) is 5.75 Å². The summed E-state index contributed by atoms with van der Waals surface area (Å²) in [7, 11) is 1.69. The fourth-order valence-corrected chi connectivity index (χ4v) is 6.01. The summed E-state index contributed by atoms with van der Waals surface area (Å²) in [5, 5.41) is 10.7. The number of carboxylic acids is 1. The Morgan fingerprint density at radius 3 is 2.91 bits per heavy atom. The number of aromatic nitrogens is 2. The van der Waals surface area contributed by atoms with E-state index in [1.54, 1.807) is 13.3 Å². The number of aliphatic carboxylic acids is 1. The highest BCUT2D eigenvalue weighted by Gasteiger charge is 2.30. The van der Waals surface area contributed by atoms with Gasteiger partial charge in [-0.2, -0.15) is 0 Å². The summed E-state index contributed by atoms with van der Waals surface area (Å²) in [5.74, 6) is 1.91. The molecular formula is C28H35N3O3S. The number of aryl methyl sites for hydroxylation is 1. The highest BCUT2D eigenvalue weighted by atomic mass is 32.2. The molecule has 2 atom stereocenters. The normalized spacial score (nSPS) is 18.5. The van der Waals surface area contributed by atoms with Gasteiger partial charge in [-0.1, -0.05) is 0 Å². The van der Waals surface area contributed by atoms with Crippen LogP contribution < -0.4 is 4.74 Å². The molecule has 4 rings (SSSR count). The number of piperidine rings is 1. The van der Waals surface area contributed by atoms with Crippen molar-refractivity contribution in [3.63, 3.8) is 0 Å². The van der Waals surface area contributed by atoms with E-state index in [9.17, 15) is 9.90 Å². The van der Waals surface area contributed by atoms with Gasteiger partial charge in [0.1, 0.15) is 5.75 Å². The number of pyridine rings is 2. The SMILES string of the molecule is COc1ccc2nccc(CCC[C@@H]3CCN(CCCSc4cccnc4)C[C@@H]3CC(=O)O)c2c1. The predicted octanol–water partition coefficient (Wildman–Crippen LogP) is 5.56. The quantitative estimate of drug-likeness (QED) is 0.262. The lowest BCUT2D eigenvalue weighted by Gasteiger charge is -2.38. The van der Waals surface area contributed by atoms with E-state index in [0.29, 0.717) is 5.92 Å². The number of rotatable bonds is 12.